The van der Waals surface area contributed by atoms with Crippen molar-refractivity contribution in [3.63, 3.8) is 0 Å². The van der Waals surface area contributed by atoms with Crippen molar-refractivity contribution in [1.82, 2.24) is 0 Å². The van der Waals surface area contributed by atoms with E-state index in [9.17, 15) is 9.59 Å². The normalized spacial score (nSPS) is 8.74. The van der Waals surface area contributed by atoms with E-state index in [1.807, 2.05) is 12.1 Å². The van der Waals surface area contributed by atoms with Crippen LogP contribution in [0, 0.1) is 11.8 Å². The second-order valence-electron chi connectivity index (χ2n) is 7.63. The zero-order chi connectivity index (χ0) is 25.8. The van der Waals surface area contributed by atoms with Crippen molar-refractivity contribution in [3.8, 4) is 11.5 Å². The van der Waals surface area contributed by atoms with Crippen LogP contribution < -0.4 is 61.4 Å². The predicted octanol–water partition coefficient (Wildman–Crippen LogP) is 1.61. The standard InChI is InChI=1S/C12H16O2.C8H8O2.C4H9Br.CH2O3.2K/c1-9(2)8-14-12-6-4-11(5-7-12)10(3)13;1-6(9)7-2-4-8(10)5-3-7;1-4(2)3-5;2-1-4-3;;/h4-7,9H,8H2,1-3H3;2-5,10H,1H3;4H,3H2,1-2H3;1,3H;;/q;;;;;+1/p-1. The quantitative estimate of drug-likeness (QED) is 0.128. The van der Waals surface area contributed by atoms with Crippen molar-refractivity contribution in [2.24, 2.45) is 11.8 Å². The summed E-state index contributed by atoms with van der Waals surface area (Å²) in [6.45, 7) is 12.1. The Kier molecular flexibility index (Phi) is 33.6. The maximum Gasteiger partial charge on any atom is 1.00 e. The SMILES string of the molecule is CC(=O)c1ccc(O)cc1.CC(=O)c1ccc(OCC(C)C)cc1.CC(C)CBr.O=CO[O-].[K+].[K]. The second kappa shape index (κ2) is 27.6. The number of ether oxygens (including phenoxy) is 1. The van der Waals surface area contributed by atoms with Gasteiger partial charge in [-0.25, -0.2) is 0 Å². The Labute approximate surface area is 302 Å². The molecule has 185 valence electrons. The van der Waals surface area contributed by atoms with Gasteiger partial charge in [0.2, 0.25) is 0 Å². The topological polar surface area (TPSA) is 113 Å². The van der Waals surface area contributed by atoms with Crippen LogP contribution in [0.15, 0.2) is 48.5 Å². The number of carbonyl (C=O) groups excluding carboxylic acids is 3. The third-order valence-electron chi connectivity index (χ3n) is 3.47. The van der Waals surface area contributed by atoms with Crippen molar-refractivity contribution in [1.29, 1.82) is 0 Å². The first kappa shape index (κ1) is 42.6. The largest absolute Gasteiger partial charge is 1.00 e. The zero-order valence-corrected chi connectivity index (χ0v) is 29.9. The van der Waals surface area contributed by atoms with Gasteiger partial charge in [0.05, 0.1) is 6.61 Å². The van der Waals surface area contributed by atoms with Crippen LogP contribution in [0.1, 0.15) is 62.3 Å². The predicted molar refractivity (Wildman–Crippen MR) is 136 cm³/mol. The maximum atomic E-state index is 11.0. The molecule has 0 fully saturated rings. The molecule has 0 bridgehead atoms. The Morgan fingerprint density at radius 1 is 0.914 bits per heavy atom. The third kappa shape index (κ3) is 27.4. The van der Waals surface area contributed by atoms with Gasteiger partial charge in [0.25, 0.3) is 6.47 Å². The molecule has 0 unspecified atom stereocenters. The molecule has 0 heterocycles. The minimum Gasteiger partial charge on any atom is -0.662 e. The Morgan fingerprint density at radius 2 is 1.26 bits per heavy atom. The molecule has 2 rings (SSSR count). The molecule has 0 saturated carbocycles. The first-order chi connectivity index (χ1) is 15.5. The number of carbonyl (C=O) groups is 3. The molecule has 0 amide bonds. The first-order valence-electron chi connectivity index (χ1n) is 10.3. The van der Waals surface area contributed by atoms with Crippen LogP contribution in [0.2, 0.25) is 0 Å². The summed E-state index contributed by atoms with van der Waals surface area (Å²) in [6, 6.07) is 13.4. The summed E-state index contributed by atoms with van der Waals surface area (Å²) < 4.78 is 5.49. The van der Waals surface area contributed by atoms with Crippen molar-refractivity contribution >= 4 is 85.4 Å². The fourth-order valence-corrected chi connectivity index (χ4v) is 1.74. The summed E-state index contributed by atoms with van der Waals surface area (Å²) in [5.41, 5.74) is 1.35. The van der Waals surface area contributed by atoms with Gasteiger partial charge in [-0.15, -0.1) is 0 Å². The van der Waals surface area contributed by atoms with Crippen molar-refractivity contribution < 1.29 is 85.8 Å². The van der Waals surface area contributed by atoms with E-state index in [0.29, 0.717) is 18.1 Å². The maximum absolute atomic E-state index is 11.0. The molecular formula is C25H34BrK2O7. The Hall–Kier alpha value is 0.563. The van der Waals surface area contributed by atoms with Gasteiger partial charge in [0, 0.05) is 67.8 Å². The van der Waals surface area contributed by atoms with Crippen LogP contribution in [0.25, 0.3) is 0 Å². The van der Waals surface area contributed by atoms with Crippen molar-refractivity contribution in [2.75, 3.05) is 11.9 Å². The van der Waals surface area contributed by atoms with E-state index in [4.69, 9.17) is 19.9 Å². The van der Waals surface area contributed by atoms with E-state index < -0.39 is 0 Å². The average Bonchev–Trinajstić information content (AvgIpc) is 2.79. The average molecular weight is 605 g/mol. The van der Waals surface area contributed by atoms with Crippen molar-refractivity contribution in [2.45, 2.75) is 41.5 Å². The van der Waals surface area contributed by atoms with Gasteiger partial charge in [-0.2, -0.15) is 0 Å². The van der Waals surface area contributed by atoms with E-state index in [0.717, 1.165) is 22.6 Å². The van der Waals surface area contributed by atoms with Gasteiger partial charge < -0.3 is 20.0 Å². The molecule has 7 nitrogen and oxygen atoms in total. The van der Waals surface area contributed by atoms with Crippen molar-refractivity contribution in [3.05, 3.63) is 59.7 Å². The minimum absolute atomic E-state index is 0. The number of aromatic hydroxyl groups is 1. The smallest absolute Gasteiger partial charge is 0.662 e. The molecule has 10 heteroatoms. The molecular weight excluding hydrogens is 570 g/mol. The molecule has 1 radical (unpaired) electrons. The molecule has 0 spiro atoms. The van der Waals surface area contributed by atoms with E-state index in [2.05, 4.69) is 48.5 Å². The molecule has 0 aliphatic rings. The van der Waals surface area contributed by atoms with E-state index >= 15 is 0 Å². The number of halogens is 1. The van der Waals surface area contributed by atoms with Gasteiger partial charge in [-0.1, -0.05) is 43.6 Å². The monoisotopic (exact) mass is 603 g/mol. The van der Waals surface area contributed by atoms with Gasteiger partial charge in [-0.3, -0.25) is 14.4 Å². The van der Waals surface area contributed by atoms with E-state index in [1.165, 1.54) is 19.1 Å². The van der Waals surface area contributed by atoms with Crippen LogP contribution in [0.4, 0.5) is 0 Å². The number of ketones is 2. The van der Waals surface area contributed by atoms with Gasteiger partial charge in [0.15, 0.2) is 11.6 Å². The summed E-state index contributed by atoms with van der Waals surface area (Å²) >= 11 is 3.31. The Morgan fingerprint density at radius 3 is 1.51 bits per heavy atom. The number of alkyl halides is 1. The fourth-order valence-electron chi connectivity index (χ4n) is 1.74. The number of hydrogen-bond donors (Lipinski definition) is 1. The Balaban J connectivity index is -0.000000201. The number of rotatable bonds is 7. The van der Waals surface area contributed by atoms with Crippen LogP contribution in [-0.2, 0) is 9.68 Å². The van der Waals surface area contributed by atoms with Gasteiger partial charge >= 0.3 is 51.4 Å². The number of Topliss-reactive ketones (excluding diaryl/α,β-unsaturated/α-hetero) is 2. The summed E-state index contributed by atoms with van der Waals surface area (Å²) in [7, 11) is 0. The van der Waals surface area contributed by atoms with Crippen LogP contribution >= 0.6 is 15.9 Å². The van der Waals surface area contributed by atoms with Gasteiger partial charge in [0.1, 0.15) is 11.5 Å². The number of phenolic OH excluding ortho intramolecular Hbond substituents is 1. The molecule has 2 aromatic carbocycles. The third-order valence-corrected chi connectivity index (χ3v) is 4.76. The van der Waals surface area contributed by atoms with Crippen LogP contribution in [-0.4, -0.2) is 86.5 Å². The summed E-state index contributed by atoms with van der Waals surface area (Å²) in [6.07, 6.45) is 0. The summed E-state index contributed by atoms with van der Waals surface area (Å²) in [5, 5.41) is 18.4. The fraction of sp³-hybridized carbons (Fsp3) is 0.400. The Bertz CT molecular complexity index is 796. The van der Waals surface area contributed by atoms with E-state index in [-0.39, 0.29) is 127 Å². The summed E-state index contributed by atoms with van der Waals surface area (Å²) in [5.74, 6) is 2.42. The number of phenols is 1. The summed E-state index contributed by atoms with van der Waals surface area (Å²) in [4.78, 5) is 32.9. The second-order valence-corrected chi connectivity index (χ2v) is 8.28. The number of benzene rings is 2. The molecule has 0 aromatic heterocycles. The minimum atomic E-state index is -0.181. The molecule has 2 aromatic rings. The first-order valence-corrected chi connectivity index (χ1v) is 11.4. The van der Waals surface area contributed by atoms with Crippen LogP contribution in [0.5, 0.6) is 11.5 Å². The molecule has 35 heavy (non-hydrogen) atoms. The molecule has 0 aliphatic carbocycles. The number of hydrogen-bond acceptors (Lipinski definition) is 7. The van der Waals surface area contributed by atoms with E-state index in [1.54, 1.807) is 31.2 Å². The van der Waals surface area contributed by atoms with Gasteiger partial charge in [-0.05, 0) is 74.2 Å². The zero-order valence-electron chi connectivity index (χ0n) is 22.0. The molecule has 0 saturated heterocycles. The molecule has 1 N–H and O–H groups in total. The molecule has 0 atom stereocenters. The molecule has 0 aliphatic heterocycles. The van der Waals surface area contributed by atoms with Crippen LogP contribution in [0.3, 0.4) is 0 Å².